The van der Waals surface area contributed by atoms with Gasteiger partial charge in [-0.1, -0.05) is 42.1 Å². The minimum Gasteiger partial charge on any atom is -0.337 e. The van der Waals surface area contributed by atoms with Crippen molar-refractivity contribution in [2.75, 3.05) is 12.3 Å². The number of aryl methyl sites for hydroxylation is 1. The summed E-state index contributed by atoms with van der Waals surface area (Å²) >= 11 is 1.62. The molecule has 0 aliphatic heterocycles. The molecule has 0 aliphatic carbocycles. The number of urea groups is 1. The summed E-state index contributed by atoms with van der Waals surface area (Å²) in [6, 6.07) is 9.69. The smallest absolute Gasteiger partial charge is 0.315 e. The average Bonchev–Trinajstić information content (AvgIpc) is 2.88. The van der Waals surface area contributed by atoms with Crippen molar-refractivity contribution in [2.45, 2.75) is 11.7 Å². The lowest BCUT2D eigenvalue weighted by atomic mass is 10.2. The number of hydrogen-bond acceptors (Lipinski definition) is 3. The molecule has 2 N–H and O–H groups in total. The van der Waals surface area contributed by atoms with E-state index in [1.165, 1.54) is 0 Å². The van der Waals surface area contributed by atoms with Crippen LogP contribution in [0.5, 0.6) is 0 Å². The first-order chi connectivity index (χ1) is 9.75. The zero-order chi connectivity index (χ0) is 14.2. The number of benzene rings is 1. The lowest BCUT2D eigenvalue weighted by molar-refractivity contribution is 0.241. The number of nitrogens with zero attached hydrogens (tertiary/aromatic N) is 2. The summed E-state index contributed by atoms with van der Waals surface area (Å²) in [4.78, 5) is 15.8. The van der Waals surface area contributed by atoms with Gasteiger partial charge >= 0.3 is 6.03 Å². The van der Waals surface area contributed by atoms with Crippen LogP contribution in [0.25, 0.3) is 0 Å². The van der Waals surface area contributed by atoms with E-state index < -0.39 is 0 Å². The number of thioether (sulfide) groups is 1. The number of rotatable bonds is 6. The monoisotopic (exact) mass is 290 g/mol. The van der Waals surface area contributed by atoms with Crippen LogP contribution in [0.3, 0.4) is 0 Å². The Bertz CT molecular complexity index is 541. The quantitative estimate of drug-likeness (QED) is 0.632. The number of imidazole rings is 1. The Hall–Kier alpha value is -1.95. The molecule has 1 heterocycles. The van der Waals surface area contributed by atoms with Gasteiger partial charge in [0.1, 0.15) is 0 Å². The van der Waals surface area contributed by atoms with E-state index in [0.29, 0.717) is 13.1 Å². The topological polar surface area (TPSA) is 59.0 Å². The molecule has 2 rings (SSSR count). The second-order valence-corrected chi connectivity index (χ2v) is 5.33. The summed E-state index contributed by atoms with van der Waals surface area (Å²) in [6.45, 7) is 1.15. The van der Waals surface area contributed by atoms with Gasteiger partial charge in [0.25, 0.3) is 0 Å². The molecule has 0 fully saturated rings. The van der Waals surface area contributed by atoms with E-state index in [0.717, 1.165) is 16.5 Å². The Labute approximate surface area is 122 Å². The minimum atomic E-state index is -0.144. The van der Waals surface area contributed by atoms with Crippen LogP contribution in [0, 0.1) is 0 Å². The number of amides is 2. The van der Waals surface area contributed by atoms with E-state index in [4.69, 9.17) is 0 Å². The average molecular weight is 290 g/mol. The third kappa shape index (κ3) is 4.62. The Balaban J connectivity index is 1.60. The molecule has 0 aliphatic rings. The summed E-state index contributed by atoms with van der Waals surface area (Å²) in [5.41, 5.74) is 1.09. The standard InChI is InChI=1S/C14H18N4OS/c1-18-9-7-16-14(18)20-10-8-15-13(19)17-11-12-5-3-2-4-6-12/h2-7,9H,8,10-11H2,1H3,(H2,15,17,19). The third-order valence-electron chi connectivity index (χ3n) is 2.69. The van der Waals surface area contributed by atoms with Crippen LogP contribution in [0.15, 0.2) is 47.9 Å². The van der Waals surface area contributed by atoms with Crippen molar-refractivity contribution >= 4 is 17.8 Å². The van der Waals surface area contributed by atoms with Gasteiger partial charge in [0.05, 0.1) is 0 Å². The van der Waals surface area contributed by atoms with Crippen molar-refractivity contribution in [3.05, 3.63) is 48.3 Å². The summed E-state index contributed by atoms with van der Waals surface area (Å²) in [6.07, 6.45) is 3.67. The SMILES string of the molecule is Cn1ccnc1SCCNC(=O)NCc1ccccc1. The molecule has 0 radical (unpaired) electrons. The molecule has 2 amide bonds. The molecule has 5 nitrogen and oxygen atoms in total. The fourth-order valence-corrected chi connectivity index (χ4v) is 2.43. The maximum absolute atomic E-state index is 11.6. The fourth-order valence-electron chi connectivity index (χ4n) is 1.64. The highest BCUT2D eigenvalue weighted by molar-refractivity contribution is 7.99. The van der Waals surface area contributed by atoms with E-state index in [2.05, 4.69) is 15.6 Å². The Morgan fingerprint density at radius 3 is 2.80 bits per heavy atom. The summed E-state index contributed by atoms with van der Waals surface area (Å²) in [7, 11) is 1.95. The Kier molecular flexibility index (Phi) is 5.49. The van der Waals surface area contributed by atoms with Gasteiger partial charge in [-0.3, -0.25) is 0 Å². The van der Waals surface area contributed by atoms with E-state index in [1.54, 1.807) is 18.0 Å². The zero-order valence-electron chi connectivity index (χ0n) is 11.4. The highest BCUT2D eigenvalue weighted by Gasteiger charge is 2.02. The summed E-state index contributed by atoms with van der Waals surface area (Å²) in [5.74, 6) is 0.795. The van der Waals surface area contributed by atoms with Crippen LogP contribution in [0.2, 0.25) is 0 Å². The largest absolute Gasteiger partial charge is 0.337 e. The lowest BCUT2D eigenvalue weighted by Gasteiger charge is -2.07. The summed E-state index contributed by atoms with van der Waals surface area (Å²) in [5, 5.41) is 6.61. The molecular formula is C14H18N4OS. The maximum Gasteiger partial charge on any atom is 0.315 e. The van der Waals surface area contributed by atoms with Crippen LogP contribution in [-0.2, 0) is 13.6 Å². The summed E-state index contributed by atoms with van der Waals surface area (Å²) < 4.78 is 1.96. The normalized spacial score (nSPS) is 10.2. The van der Waals surface area contributed by atoms with Gasteiger partial charge in [-0.15, -0.1) is 0 Å². The molecule has 0 saturated heterocycles. The van der Waals surface area contributed by atoms with Crippen molar-refractivity contribution in [1.82, 2.24) is 20.2 Å². The van der Waals surface area contributed by atoms with Crippen LogP contribution >= 0.6 is 11.8 Å². The van der Waals surface area contributed by atoms with Crippen LogP contribution in [0.4, 0.5) is 4.79 Å². The van der Waals surface area contributed by atoms with E-state index in [9.17, 15) is 4.79 Å². The number of carbonyl (C=O) groups excluding carboxylic acids is 1. The van der Waals surface area contributed by atoms with Crippen molar-refractivity contribution in [1.29, 1.82) is 0 Å². The predicted octanol–water partition coefficient (Wildman–Crippen LogP) is 2.01. The molecule has 6 heteroatoms. The first-order valence-electron chi connectivity index (χ1n) is 6.41. The second kappa shape index (κ2) is 7.59. The lowest BCUT2D eigenvalue weighted by Crippen LogP contribution is -2.36. The molecule has 0 spiro atoms. The minimum absolute atomic E-state index is 0.144. The van der Waals surface area contributed by atoms with Gasteiger partial charge in [-0.2, -0.15) is 0 Å². The zero-order valence-corrected chi connectivity index (χ0v) is 12.2. The second-order valence-electron chi connectivity index (χ2n) is 4.26. The van der Waals surface area contributed by atoms with Crippen molar-refractivity contribution in [2.24, 2.45) is 7.05 Å². The van der Waals surface area contributed by atoms with Crippen molar-refractivity contribution in [3.63, 3.8) is 0 Å². The Morgan fingerprint density at radius 2 is 2.10 bits per heavy atom. The molecule has 106 valence electrons. The number of aromatic nitrogens is 2. The van der Waals surface area contributed by atoms with E-state index in [-0.39, 0.29) is 6.03 Å². The molecule has 1 aromatic heterocycles. The molecule has 1 aromatic carbocycles. The molecular weight excluding hydrogens is 272 g/mol. The fraction of sp³-hybridized carbons (Fsp3) is 0.286. The number of nitrogens with one attached hydrogen (secondary N) is 2. The molecule has 0 unspecified atom stereocenters. The van der Waals surface area contributed by atoms with Gasteiger partial charge in [0, 0.05) is 38.3 Å². The molecule has 0 saturated carbocycles. The van der Waals surface area contributed by atoms with Gasteiger partial charge in [0.2, 0.25) is 0 Å². The number of hydrogen-bond donors (Lipinski definition) is 2. The third-order valence-corrected chi connectivity index (χ3v) is 3.75. The van der Waals surface area contributed by atoms with Crippen LogP contribution in [-0.4, -0.2) is 27.9 Å². The molecule has 2 aromatic rings. The highest BCUT2D eigenvalue weighted by atomic mass is 32.2. The van der Waals surface area contributed by atoms with Gasteiger partial charge in [0.15, 0.2) is 5.16 Å². The van der Waals surface area contributed by atoms with Crippen molar-refractivity contribution in [3.8, 4) is 0 Å². The first kappa shape index (κ1) is 14.5. The van der Waals surface area contributed by atoms with Crippen LogP contribution < -0.4 is 10.6 Å². The number of carbonyl (C=O) groups is 1. The van der Waals surface area contributed by atoms with E-state index in [1.807, 2.05) is 48.1 Å². The molecule has 20 heavy (non-hydrogen) atoms. The predicted molar refractivity (Wildman–Crippen MR) is 80.6 cm³/mol. The first-order valence-corrected chi connectivity index (χ1v) is 7.40. The van der Waals surface area contributed by atoms with Gasteiger partial charge in [-0.25, -0.2) is 9.78 Å². The van der Waals surface area contributed by atoms with Gasteiger partial charge in [-0.05, 0) is 5.56 Å². The highest BCUT2D eigenvalue weighted by Crippen LogP contribution is 2.12. The van der Waals surface area contributed by atoms with Crippen molar-refractivity contribution < 1.29 is 4.79 Å². The Morgan fingerprint density at radius 1 is 1.30 bits per heavy atom. The maximum atomic E-state index is 11.6. The molecule has 0 bridgehead atoms. The van der Waals surface area contributed by atoms with Crippen LogP contribution in [0.1, 0.15) is 5.56 Å². The van der Waals surface area contributed by atoms with E-state index >= 15 is 0 Å². The molecule has 0 atom stereocenters. The van der Waals surface area contributed by atoms with Gasteiger partial charge < -0.3 is 15.2 Å².